The van der Waals surface area contributed by atoms with E-state index in [4.69, 9.17) is 0 Å². The van der Waals surface area contributed by atoms with Crippen molar-refractivity contribution in [2.75, 3.05) is 13.6 Å². The van der Waals surface area contributed by atoms with Gasteiger partial charge in [-0.25, -0.2) is 0 Å². The second-order valence-electron chi connectivity index (χ2n) is 6.92. The van der Waals surface area contributed by atoms with Gasteiger partial charge in [0.15, 0.2) is 0 Å². The molecule has 2 aromatic heterocycles. The van der Waals surface area contributed by atoms with Gasteiger partial charge < -0.3 is 4.90 Å². The number of pyridine rings is 1. The molecule has 0 unspecified atom stereocenters. The average molecular weight is 341 g/mol. The molecule has 0 spiro atoms. The lowest BCUT2D eigenvalue weighted by molar-refractivity contribution is 0.0691. The van der Waals surface area contributed by atoms with Crippen molar-refractivity contribution in [3.8, 4) is 11.1 Å². The smallest absolute Gasteiger partial charge is 0.300 e. The predicted octanol–water partition coefficient (Wildman–Crippen LogP) is 4.70. The topological polar surface area (TPSA) is 21.1 Å². The van der Waals surface area contributed by atoms with Crippen molar-refractivity contribution >= 4 is 10.9 Å². The molecule has 0 fully saturated rings. The van der Waals surface area contributed by atoms with Gasteiger partial charge in [-0.1, -0.05) is 12.1 Å². The fourth-order valence-corrected chi connectivity index (χ4v) is 3.72. The highest BCUT2D eigenvalue weighted by Crippen LogP contribution is 2.36. The molecule has 1 aliphatic rings. The Morgan fingerprint density at radius 1 is 1.12 bits per heavy atom. The number of alkyl halides is 2. The third-order valence-corrected chi connectivity index (χ3v) is 5.25. The van der Waals surface area contributed by atoms with Crippen LogP contribution in [0.1, 0.15) is 29.1 Å². The summed E-state index contributed by atoms with van der Waals surface area (Å²) in [5, 5.41) is 0.948. The minimum atomic E-state index is -2.54. The molecule has 1 aromatic carbocycles. The maximum Gasteiger partial charge on any atom is 0.319 e. The van der Waals surface area contributed by atoms with Gasteiger partial charge in [0.1, 0.15) is 0 Å². The van der Waals surface area contributed by atoms with E-state index in [1.54, 1.807) is 0 Å². The van der Waals surface area contributed by atoms with Crippen LogP contribution < -0.4 is 0 Å². The first-order chi connectivity index (χ1) is 12.0. The van der Waals surface area contributed by atoms with E-state index in [0.29, 0.717) is 12.1 Å². The number of likely N-dealkylation sites (N-methyl/N-ethyl adjacent to an activating group) is 1. The van der Waals surface area contributed by atoms with Crippen LogP contribution in [-0.4, -0.2) is 28.0 Å². The summed E-state index contributed by atoms with van der Waals surface area (Å²) in [4.78, 5) is 6.50. The number of benzene rings is 1. The molecule has 3 aromatic rings. The van der Waals surface area contributed by atoms with Crippen molar-refractivity contribution in [1.29, 1.82) is 0 Å². The Morgan fingerprint density at radius 2 is 1.92 bits per heavy atom. The molecule has 0 saturated carbocycles. The summed E-state index contributed by atoms with van der Waals surface area (Å²) in [5.41, 5.74) is 6.40. The lowest BCUT2D eigenvalue weighted by Crippen LogP contribution is -2.27. The summed E-state index contributed by atoms with van der Waals surface area (Å²) in [6.07, 6.45) is 2.62. The van der Waals surface area contributed by atoms with E-state index in [0.717, 1.165) is 52.0 Å². The quantitative estimate of drug-likeness (QED) is 0.673. The van der Waals surface area contributed by atoms with Gasteiger partial charge in [-0.15, -0.1) is 0 Å². The molecule has 130 valence electrons. The highest BCUT2D eigenvalue weighted by Gasteiger charge is 2.26. The van der Waals surface area contributed by atoms with Gasteiger partial charge in [-0.3, -0.25) is 9.55 Å². The zero-order valence-electron chi connectivity index (χ0n) is 14.7. The monoisotopic (exact) mass is 341 g/mol. The van der Waals surface area contributed by atoms with Crippen LogP contribution in [0.4, 0.5) is 8.78 Å². The van der Waals surface area contributed by atoms with E-state index in [-0.39, 0.29) is 0 Å². The van der Waals surface area contributed by atoms with Crippen LogP contribution in [0.3, 0.4) is 0 Å². The SMILES string of the molecule is Cc1cc(-c2ccc3c4c(n(C(F)F)c3c2)CN(C)CC4)cnc1C. The van der Waals surface area contributed by atoms with Gasteiger partial charge in [-0.05, 0) is 56.1 Å². The normalized spacial score (nSPS) is 15.1. The predicted molar refractivity (Wildman–Crippen MR) is 95.9 cm³/mol. The zero-order valence-corrected chi connectivity index (χ0v) is 14.7. The Balaban J connectivity index is 1.93. The Hall–Kier alpha value is -2.27. The molecule has 0 aliphatic carbocycles. The maximum absolute atomic E-state index is 13.8. The number of nitrogens with zero attached hydrogens (tertiary/aromatic N) is 3. The molecule has 0 radical (unpaired) electrons. The fourth-order valence-electron chi connectivity index (χ4n) is 3.72. The lowest BCUT2D eigenvalue weighted by Gasteiger charge is -2.24. The number of halogens is 2. The standard InChI is InChI=1S/C20H21F2N3/c1-12-8-15(10-23-13(12)2)14-4-5-16-17-6-7-24(3)11-19(17)25(20(21)22)18(16)9-14/h4-5,8-10,20H,6-7,11H2,1-3H3. The Labute approximate surface area is 145 Å². The number of fused-ring (bicyclic) bond motifs is 3. The molecule has 0 bridgehead atoms. The molecule has 5 heteroatoms. The molecular formula is C20H21F2N3. The van der Waals surface area contributed by atoms with Crippen molar-refractivity contribution in [1.82, 2.24) is 14.5 Å². The van der Waals surface area contributed by atoms with E-state index >= 15 is 0 Å². The second-order valence-corrected chi connectivity index (χ2v) is 6.92. The Kier molecular flexibility index (Phi) is 3.84. The second kappa shape index (κ2) is 5.92. The van der Waals surface area contributed by atoms with Gasteiger partial charge >= 0.3 is 6.55 Å². The van der Waals surface area contributed by atoms with E-state index in [9.17, 15) is 8.78 Å². The molecule has 0 N–H and O–H groups in total. The van der Waals surface area contributed by atoms with Crippen LogP contribution in [0, 0.1) is 13.8 Å². The van der Waals surface area contributed by atoms with Gasteiger partial charge in [0.25, 0.3) is 0 Å². The fraction of sp³-hybridized carbons (Fsp3) is 0.350. The van der Waals surface area contributed by atoms with Crippen molar-refractivity contribution < 1.29 is 8.78 Å². The molecule has 3 nitrogen and oxygen atoms in total. The van der Waals surface area contributed by atoms with E-state index in [1.807, 2.05) is 45.3 Å². The molecule has 0 saturated heterocycles. The van der Waals surface area contributed by atoms with E-state index in [2.05, 4.69) is 16.0 Å². The van der Waals surface area contributed by atoms with Crippen molar-refractivity contribution in [3.63, 3.8) is 0 Å². The first-order valence-corrected chi connectivity index (χ1v) is 8.51. The third-order valence-electron chi connectivity index (χ3n) is 5.25. The molecule has 1 aliphatic heterocycles. The largest absolute Gasteiger partial charge is 0.319 e. The molecule has 3 heterocycles. The van der Waals surface area contributed by atoms with Crippen molar-refractivity contribution in [2.45, 2.75) is 33.4 Å². The first-order valence-electron chi connectivity index (χ1n) is 8.51. The zero-order chi connectivity index (χ0) is 17.7. The highest BCUT2D eigenvalue weighted by atomic mass is 19.3. The van der Waals surface area contributed by atoms with Gasteiger partial charge in [-0.2, -0.15) is 8.78 Å². The third kappa shape index (κ3) is 2.63. The van der Waals surface area contributed by atoms with Crippen LogP contribution in [0.25, 0.3) is 22.0 Å². The number of aromatic nitrogens is 2. The molecule has 4 rings (SSSR count). The molecule has 0 amide bonds. The van der Waals surface area contributed by atoms with Gasteiger partial charge in [0.2, 0.25) is 0 Å². The first kappa shape index (κ1) is 16.2. The lowest BCUT2D eigenvalue weighted by atomic mass is 10.0. The molecule has 25 heavy (non-hydrogen) atoms. The van der Waals surface area contributed by atoms with Gasteiger partial charge in [0.05, 0.1) is 5.52 Å². The summed E-state index contributed by atoms with van der Waals surface area (Å²) in [6, 6.07) is 7.95. The van der Waals surface area contributed by atoms with Crippen LogP contribution in [0.5, 0.6) is 0 Å². The van der Waals surface area contributed by atoms with Crippen molar-refractivity contribution in [3.05, 3.63) is 53.0 Å². The molecule has 0 atom stereocenters. The Morgan fingerprint density at radius 3 is 2.64 bits per heavy atom. The van der Waals surface area contributed by atoms with Crippen LogP contribution in [0.2, 0.25) is 0 Å². The summed E-state index contributed by atoms with van der Waals surface area (Å²) in [6.45, 7) is 2.91. The van der Waals surface area contributed by atoms with E-state index in [1.165, 1.54) is 4.57 Å². The van der Waals surface area contributed by atoms with Crippen LogP contribution in [0.15, 0.2) is 30.5 Å². The Bertz CT molecular complexity index is 959. The summed E-state index contributed by atoms with van der Waals surface area (Å²) >= 11 is 0. The van der Waals surface area contributed by atoms with Gasteiger partial charge in [0, 0.05) is 41.6 Å². The minimum absolute atomic E-state index is 0.564. The average Bonchev–Trinajstić information content (AvgIpc) is 2.89. The number of rotatable bonds is 2. The number of hydrogen-bond acceptors (Lipinski definition) is 2. The van der Waals surface area contributed by atoms with Crippen LogP contribution >= 0.6 is 0 Å². The number of aryl methyl sites for hydroxylation is 2. The minimum Gasteiger partial charge on any atom is -0.300 e. The molecular weight excluding hydrogens is 320 g/mol. The number of hydrogen-bond donors (Lipinski definition) is 0. The summed E-state index contributed by atoms with van der Waals surface area (Å²) in [5.74, 6) is 0. The van der Waals surface area contributed by atoms with Crippen LogP contribution in [-0.2, 0) is 13.0 Å². The van der Waals surface area contributed by atoms with Crippen molar-refractivity contribution in [2.24, 2.45) is 0 Å². The summed E-state index contributed by atoms with van der Waals surface area (Å²) in [7, 11) is 1.97. The highest BCUT2D eigenvalue weighted by molar-refractivity contribution is 5.90. The van der Waals surface area contributed by atoms with E-state index < -0.39 is 6.55 Å². The summed E-state index contributed by atoms with van der Waals surface area (Å²) < 4.78 is 28.9. The maximum atomic E-state index is 13.8.